The lowest BCUT2D eigenvalue weighted by atomic mass is 10.1. The molecule has 0 amide bonds. The van der Waals surface area contributed by atoms with E-state index in [0.29, 0.717) is 15.6 Å². The normalized spacial score (nSPS) is 15.1. The Labute approximate surface area is 129 Å². The average molecular weight is 323 g/mol. The Kier molecular flexibility index (Phi) is 3.27. The van der Waals surface area contributed by atoms with E-state index in [1.54, 1.807) is 18.2 Å². The molecule has 0 spiro atoms. The van der Waals surface area contributed by atoms with Gasteiger partial charge in [0.25, 0.3) is 0 Å². The van der Waals surface area contributed by atoms with Crippen LogP contribution in [0.3, 0.4) is 0 Å². The van der Waals surface area contributed by atoms with Crippen LogP contribution in [-0.2, 0) is 0 Å². The van der Waals surface area contributed by atoms with E-state index >= 15 is 0 Å². The van der Waals surface area contributed by atoms with Gasteiger partial charge < -0.3 is 14.9 Å². The molecule has 1 aliphatic heterocycles. The first-order valence-electron chi connectivity index (χ1n) is 5.91. The minimum absolute atomic E-state index is 0.0317. The number of halogens is 2. The number of Topliss-reactive ketones (excluding diaryl/α,β-unsaturated/α-hetero) is 1. The van der Waals surface area contributed by atoms with Crippen LogP contribution in [0.15, 0.2) is 36.1 Å². The van der Waals surface area contributed by atoms with Crippen molar-refractivity contribution in [3.8, 4) is 17.2 Å². The molecule has 2 aromatic carbocycles. The first kappa shape index (κ1) is 13.8. The molecule has 1 aliphatic rings. The van der Waals surface area contributed by atoms with Crippen LogP contribution in [-0.4, -0.2) is 16.0 Å². The van der Waals surface area contributed by atoms with Crippen LogP contribution in [0.2, 0.25) is 10.0 Å². The summed E-state index contributed by atoms with van der Waals surface area (Å²) in [5.74, 6) is -1.21. The fourth-order valence-electron chi connectivity index (χ4n) is 1.98. The highest BCUT2D eigenvalue weighted by atomic mass is 35.5. The lowest BCUT2D eigenvalue weighted by Gasteiger charge is -2.03. The van der Waals surface area contributed by atoms with Crippen LogP contribution >= 0.6 is 23.2 Å². The number of rotatable bonds is 1. The molecule has 0 aromatic heterocycles. The summed E-state index contributed by atoms with van der Waals surface area (Å²) >= 11 is 11.7. The van der Waals surface area contributed by atoms with Crippen LogP contribution in [0.1, 0.15) is 15.9 Å². The zero-order valence-corrected chi connectivity index (χ0v) is 11.9. The molecule has 106 valence electrons. The summed E-state index contributed by atoms with van der Waals surface area (Å²) in [6, 6.07) is 7.50. The van der Waals surface area contributed by atoms with Gasteiger partial charge in [-0.05, 0) is 35.9 Å². The van der Waals surface area contributed by atoms with E-state index in [9.17, 15) is 15.0 Å². The lowest BCUT2D eigenvalue weighted by Crippen LogP contribution is -1.97. The Bertz CT molecular complexity index is 797. The first-order chi connectivity index (χ1) is 9.97. The van der Waals surface area contributed by atoms with Crippen molar-refractivity contribution in [1.82, 2.24) is 0 Å². The third-order valence-electron chi connectivity index (χ3n) is 3.03. The standard InChI is InChI=1S/C15H8Cl2O4/c16-9-3-1-7(5-10(9)17)6-12-13(19)8-2-4-11(18)14(20)15(8)21-12/h1-6,18,20H/b12-6+. The van der Waals surface area contributed by atoms with Crippen LogP contribution < -0.4 is 4.74 Å². The summed E-state index contributed by atoms with van der Waals surface area (Å²) in [5, 5.41) is 19.9. The van der Waals surface area contributed by atoms with Gasteiger partial charge in [-0.15, -0.1) is 0 Å². The zero-order chi connectivity index (χ0) is 15.1. The molecule has 0 saturated heterocycles. The number of phenols is 2. The lowest BCUT2D eigenvalue weighted by molar-refractivity contribution is 0.101. The van der Waals surface area contributed by atoms with Crippen LogP contribution in [0, 0.1) is 0 Å². The van der Waals surface area contributed by atoms with Gasteiger partial charge in [-0.25, -0.2) is 0 Å². The van der Waals surface area contributed by atoms with Gasteiger partial charge in [-0.1, -0.05) is 29.3 Å². The van der Waals surface area contributed by atoms with Crippen molar-refractivity contribution < 1.29 is 19.7 Å². The zero-order valence-electron chi connectivity index (χ0n) is 10.4. The van der Waals surface area contributed by atoms with E-state index in [2.05, 4.69) is 0 Å². The van der Waals surface area contributed by atoms with Gasteiger partial charge in [0.05, 0.1) is 15.6 Å². The number of hydrogen-bond donors (Lipinski definition) is 2. The highest BCUT2D eigenvalue weighted by Crippen LogP contribution is 2.44. The summed E-state index contributed by atoms with van der Waals surface area (Å²) in [7, 11) is 0. The topological polar surface area (TPSA) is 66.8 Å². The van der Waals surface area contributed by atoms with E-state index in [1.807, 2.05) is 0 Å². The maximum Gasteiger partial charge on any atom is 0.232 e. The molecule has 0 aliphatic carbocycles. The minimum Gasteiger partial charge on any atom is -0.504 e. The highest BCUT2D eigenvalue weighted by Gasteiger charge is 2.31. The predicted octanol–water partition coefficient (Wildman–Crippen LogP) is 4.02. The summed E-state index contributed by atoms with van der Waals surface area (Å²) in [6.45, 7) is 0. The van der Waals surface area contributed by atoms with Crippen molar-refractivity contribution in [1.29, 1.82) is 0 Å². The molecular weight excluding hydrogens is 315 g/mol. The number of hydrogen-bond acceptors (Lipinski definition) is 4. The molecule has 0 radical (unpaired) electrons. The summed E-state index contributed by atoms with van der Waals surface area (Å²) in [4.78, 5) is 12.2. The maximum atomic E-state index is 12.2. The van der Waals surface area contributed by atoms with Gasteiger partial charge in [0.1, 0.15) is 0 Å². The molecule has 0 saturated carbocycles. The Hall–Kier alpha value is -2.17. The number of benzene rings is 2. The molecule has 0 unspecified atom stereocenters. The predicted molar refractivity (Wildman–Crippen MR) is 79.2 cm³/mol. The second-order valence-corrected chi connectivity index (χ2v) is 5.24. The minimum atomic E-state index is -0.460. The molecule has 4 nitrogen and oxygen atoms in total. The monoisotopic (exact) mass is 322 g/mol. The maximum absolute atomic E-state index is 12.2. The fourth-order valence-corrected chi connectivity index (χ4v) is 2.29. The fraction of sp³-hybridized carbons (Fsp3) is 0. The molecule has 6 heteroatoms. The van der Waals surface area contributed by atoms with Crippen LogP contribution in [0.4, 0.5) is 0 Å². The summed E-state index contributed by atoms with van der Waals surface area (Å²) in [6.07, 6.45) is 1.49. The number of fused-ring (bicyclic) bond motifs is 1. The second kappa shape index (κ2) is 4.98. The molecule has 2 aromatic rings. The van der Waals surface area contributed by atoms with E-state index in [-0.39, 0.29) is 28.6 Å². The number of aromatic hydroxyl groups is 2. The van der Waals surface area contributed by atoms with Gasteiger partial charge in [-0.2, -0.15) is 0 Å². The van der Waals surface area contributed by atoms with Crippen molar-refractivity contribution in [3.05, 3.63) is 57.3 Å². The van der Waals surface area contributed by atoms with Crippen molar-refractivity contribution in [2.75, 3.05) is 0 Å². The SMILES string of the molecule is O=C1/C(=C\c2ccc(Cl)c(Cl)c2)Oc2c1ccc(O)c2O. The quantitative estimate of drug-likeness (QED) is 0.614. The van der Waals surface area contributed by atoms with Gasteiger partial charge in [-0.3, -0.25) is 4.79 Å². The van der Waals surface area contributed by atoms with Gasteiger partial charge in [0.2, 0.25) is 11.5 Å². The first-order valence-corrected chi connectivity index (χ1v) is 6.67. The Morgan fingerprint density at radius 1 is 1.05 bits per heavy atom. The largest absolute Gasteiger partial charge is 0.504 e. The summed E-state index contributed by atoms with van der Waals surface area (Å²) < 4.78 is 5.33. The molecule has 0 bridgehead atoms. The molecule has 1 heterocycles. The van der Waals surface area contributed by atoms with Crippen molar-refractivity contribution in [2.45, 2.75) is 0 Å². The van der Waals surface area contributed by atoms with E-state index in [4.69, 9.17) is 27.9 Å². The number of carbonyl (C=O) groups is 1. The molecule has 0 fully saturated rings. The van der Waals surface area contributed by atoms with Crippen LogP contribution in [0.25, 0.3) is 6.08 Å². The molecule has 3 rings (SSSR count). The molecule has 2 N–H and O–H groups in total. The van der Waals surface area contributed by atoms with Gasteiger partial charge >= 0.3 is 0 Å². The number of phenolic OH excluding ortho intramolecular Hbond substituents is 2. The molecule has 21 heavy (non-hydrogen) atoms. The van der Waals surface area contributed by atoms with Crippen molar-refractivity contribution in [3.63, 3.8) is 0 Å². The van der Waals surface area contributed by atoms with E-state index in [0.717, 1.165) is 0 Å². The van der Waals surface area contributed by atoms with Crippen molar-refractivity contribution in [2.24, 2.45) is 0 Å². The summed E-state index contributed by atoms with van der Waals surface area (Å²) in [5.41, 5.74) is 0.820. The number of ether oxygens (including phenoxy) is 1. The Balaban J connectivity index is 2.02. The Morgan fingerprint density at radius 2 is 1.81 bits per heavy atom. The molecular formula is C15H8Cl2O4. The highest BCUT2D eigenvalue weighted by molar-refractivity contribution is 6.42. The van der Waals surface area contributed by atoms with Crippen molar-refractivity contribution >= 4 is 35.1 Å². The van der Waals surface area contributed by atoms with E-state index in [1.165, 1.54) is 18.2 Å². The average Bonchev–Trinajstić information content (AvgIpc) is 2.76. The number of ketones is 1. The van der Waals surface area contributed by atoms with Gasteiger partial charge in [0, 0.05) is 0 Å². The third-order valence-corrected chi connectivity index (χ3v) is 3.77. The smallest absolute Gasteiger partial charge is 0.232 e. The van der Waals surface area contributed by atoms with Crippen LogP contribution in [0.5, 0.6) is 17.2 Å². The van der Waals surface area contributed by atoms with Gasteiger partial charge in [0.15, 0.2) is 17.3 Å². The number of carbonyl (C=O) groups excluding carboxylic acids is 1. The third kappa shape index (κ3) is 2.33. The number of allylic oxidation sites excluding steroid dienone is 1. The molecule has 0 atom stereocenters. The second-order valence-electron chi connectivity index (χ2n) is 4.42. The Morgan fingerprint density at radius 3 is 2.52 bits per heavy atom. The van der Waals surface area contributed by atoms with E-state index < -0.39 is 5.75 Å².